The summed E-state index contributed by atoms with van der Waals surface area (Å²) in [6.07, 6.45) is 0. The Balaban J connectivity index is 1.63. The highest BCUT2D eigenvalue weighted by atomic mass is 32.2. The first kappa shape index (κ1) is 26.9. The molecule has 0 bridgehead atoms. The van der Waals surface area contributed by atoms with Gasteiger partial charge in [0.1, 0.15) is 17.3 Å². The topological polar surface area (TPSA) is 64.2 Å². The predicted octanol–water partition coefficient (Wildman–Crippen LogP) is 8.87. The second-order valence-corrected chi connectivity index (χ2v) is 12.8. The van der Waals surface area contributed by atoms with Crippen LogP contribution in [0.25, 0.3) is 21.9 Å². The lowest BCUT2D eigenvalue weighted by atomic mass is 9.97. The number of nitrogens with one attached hydrogen (secondary N) is 1. The van der Waals surface area contributed by atoms with Crippen LogP contribution in [0.4, 0.5) is 5.69 Å². The molecule has 4 aromatic carbocycles. The van der Waals surface area contributed by atoms with Crippen molar-refractivity contribution in [1.29, 1.82) is 0 Å². The van der Waals surface area contributed by atoms with Gasteiger partial charge in [-0.3, -0.25) is 4.72 Å². The van der Waals surface area contributed by atoms with Gasteiger partial charge in [-0.25, -0.2) is 8.42 Å². The van der Waals surface area contributed by atoms with Crippen LogP contribution in [0.2, 0.25) is 0 Å². The van der Waals surface area contributed by atoms with E-state index in [1.807, 2.05) is 43.3 Å². The van der Waals surface area contributed by atoms with Crippen molar-refractivity contribution in [1.82, 2.24) is 4.57 Å². The molecule has 1 N–H and O–H groups in total. The quantitative estimate of drug-likeness (QED) is 0.211. The van der Waals surface area contributed by atoms with E-state index >= 15 is 0 Å². The maximum Gasteiger partial charge on any atom is 0.262 e. The minimum atomic E-state index is -3.90. The van der Waals surface area contributed by atoms with E-state index in [1.54, 1.807) is 24.3 Å². The summed E-state index contributed by atoms with van der Waals surface area (Å²) in [4.78, 5) is 0.204. The second-order valence-electron chi connectivity index (χ2n) is 11.1. The van der Waals surface area contributed by atoms with E-state index in [2.05, 4.69) is 73.4 Å². The Labute approximate surface area is 241 Å². The van der Waals surface area contributed by atoms with Gasteiger partial charge in [0, 0.05) is 22.0 Å². The molecule has 5 nitrogen and oxygen atoms in total. The molecule has 0 radical (unpaired) electrons. The monoisotopic (exact) mass is 562 g/mol. The van der Waals surface area contributed by atoms with E-state index < -0.39 is 16.1 Å². The fourth-order valence-corrected chi connectivity index (χ4v) is 6.74. The number of hydrogen-bond acceptors (Lipinski definition) is 3. The molecule has 1 unspecified atom stereocenters. The smallest absolute Gasteiger partial charge is 0.262 e. The van der Waals surface area contributed by atoms with Crippen molar-refractivity contribution in [3.63, 3.8) is 0 Å². The molecule has 2 heterocycles. The lowest BCUT2D eigenvalue weighted by Gasteiger charge is -2.23. The summed E-state index contributed by atoms with van der Waals surface area (Å²) in [6.45, 7) is 10.5. The van der Waals surface area contributed by atoms with Crippen molar-refractivity contribution in [2.45, 2.75) is 51.5 Å². The predicted molar refractivity (Wildman–Crippen MR) is 167 cm³/mol. The molecule has 0 amide bonds. The van der Waals surface area contributed by atoms with Gasteiger partial charge in [-0.15, -0.1) is 0 Å². The standard InChI is InChI=1S/C35H34N2O3S/c1-22(2)26-16-18-27(19-17-26)34(37-25(5)24(4)29-10-6-8-12-31(29)37)35-33(30-11-7-9-13-32(30)40-35)36-41(38,39)28-20-14-23(3)15-21-28/h6-22,34,36H,1-5H3. The molecule has 2 aromatic heterocycles. The molecule has 0 aliphatic rings. The number of sulfonamides is 1. The zero-order valence-electron chi connectivity index (χ0n) is 24.0. The minimum absolute atomic E-state index is 0.204. The molecule has 0 fully saturated rings. The van der Waals surface area contributed by atoms with E-state index in [1.165, 1.54) is 11.1 Å². The maximum atomic E-state index is 13.7. The van der Waals surface area contributed by atoms with Gasteiger partial charge in [0.25, 0.3) is 10.0 Å². The molecule has 208 valence electrons. The number of nitrogens with zero attached hydrogens (tertiary/aromatic N) is 1. The molecular formula is C35H34N2O3S. The number of aryl methyl sites for hydroxylation is 2. The Morgan fingerprint density at radius 3 is 2.02 bits per heavy atom. The molecule has 0 saturated heterocycles. The first-order chi connectivity index (χ1) is 19.7. The molecule has 1 atom stereocenters. The van der Waals surface area contributed by atoms with E-state index in [0.29, 0.717) is 28.3 Å². The average Bonchev–Trinajstić information content (AvgIpc) is 3.44. The van der Waals surface area contributed by atoms with Gasteiger partial charge in [0.05, 0.1) is 4.90 Å². The fourth-order valence-electron chi connectivity index (χ4n) is 5.64. The largest absolute Gasteiger partial charge is 0.456 e. The van der Waals surface area contributed by atoms with E-state index in [9.17, 15) is 8.42 Å². The third-order valence-corrected chi connectivity index (χ3v) is 9.45. The maximum absolute atomic E-state index is 13.7. The Morgan fingerprint density at radius 2 is 1.34 bits per heavy atom. The van der Waals surface area contributed by atoms with Gasteiger partial charge in [0.2, 0.25) is 0 Å². The summed E-state index contributed by atoms with van der Waals surface area (Å²) in [5, 5.41) is 1.87. The van der Waals surface area contributed by atoms with E-state index in [4.69, 9.17) is 4.42 Å². The Bertz CT molecular complexity index is 1980. The Morgan fingerprint density at radius 1 is 0.732 bits per heavy atom. The number of hydrogen-bond donors (Lipinski definition) is 1. The number of furan rings is 1. The molecule has 6 aromatic rings. The molecule has 6 rings (SSSR count). The number of rotatable bonds is 7. The average molecular weight is 563 g/mol. The Hall–Kier alpha value is -4.29. The van der Waals surface area contributed by atoms with Crippen LogP contribution in [0.15, 0.2) is 106 Å². The van der Waals surface area contributed by atoms with Gasteiger partial charge in [-0.2, -0.15) is 0 Å². The van der Waals surface area contributed by atoms with Crippen molar-refractivity contribution in [3.05, 3.63) is 131 Å². The summed E-state index contributed by atoms with van der Waals surface area (Å²) in [5.74, 6) is 0.935. The summed E-state index contributed by atoms with van der Waals surface area (Å²) in [5.41, 5.74) is 7.66. The van der Waals surface area contributed by atoms with Crippen LogP contribution in [0.3, 0.4) is 0 Å². The number of aromatic nitrogens is 1. The van der Waals surface area contributed by atoms with Gasteiger partial charge in [0.15, 0.2) is 5.76 Å². The van der Waals surface area contributed by atoms with Crippen LogP contribution < -0.4 is 4.72 Å². The van der Waals surface area contributed by atoms with Crippen LogP contribution in [0, 0.1) is 20.8 Å². The van der Waals surface area contributed by atoms with Crippen molar-refractivity contribution in [3.8, 4) is 0 Å². The normalized spacial score (nSPS) is 12.8. The number of para-hydroxylation sites is 2. The third-order valence-electron chi connectivity index (χ3n) is 8.09. The molecule has 0 aliphatic heterocycles. The highest BCUT2D eigenvalue weighted by Gasteiger charge is 2.31. The van der Waals surface area contributed by atoms with E-state index in [-0.39, 0.29) is 4.90 Å². The molecule has 0 aliphatic carbocycles. The summed E-state index contributed by atoms with van der Waals surface area (Å²) < 4.78 is 39.3. The zero-order valence-corrected chi connectivity index (χ0v) is 24.8. The zero-order chi connectivity index (χ0) is 28.9. The summed E-state index contributed by atoms with van der Waals surface area (Å²) in [6, 6.07) is 31.0. The lowest BCUT2D eigenvalue weighted by Crippen LogP contribution is -2.18. The fraction of sp³-hybridized carbons (Fsp3) is 0.200. The van der Waals surface area contributed by atoms with Gasteiger partial charge < -0.3 is 8.98 Å². The van der Waals surface area contributed by atoms with Gasteiger partial charge >= 0.3 is 0 Å². The van der Waals surface area contributed by atoms with Crippen molar-refractivity contribution in [2.75, 3.05) is 4.72 Å². The number of fused-ring (bicyclic) bond motifs is 2. The second kappa shape index (κ2) is 10.3. The highest BCUT2D eigenvalue weighted by molar-refractivity contribution is 7.92. The molecule has 6 heteroatoms. The van der Waals surface area contributed by atoms with Crippen LogP contribution in [-0.4, -0.2) is 13.0 Å². The van der Waals surface area contributed by atoms with Crippen molar-refractivity contribution >= 4 is 37.6 Å². The van der Waals surface area contributed by atoms with Gasteiger partial charge in [-0.1, -0.05) is 86.1 Å². The first-order valence-electron chi connectivity index (χ1n) is 13.9. The molecular weight excluding hydrogens is 528 g/mol. The molecule has 41 heavy (non-hydrogen) atoms. The molecule has 0 saturated carbocycles. The van der Waals surface area contributed by atoms with E-state index in [0.717, 1.165) is 27.7 Å². The minimum Gasteiger partial charge on any atom is -0.456 e. The highest BCUT2D eigenvalue weighted by Crippen LogP contribution is 2.43. The SMILES string of the molecule is Cc1ccc(S(=O)(=O)Nc2c(C(c3ccc(C(C)C)cc3)n3c(C)c(C)c4ccccc43)oc3ccccc23)cc1. The third kappa shape index (κ3) is 4.72. The van der Waals surface area contributed by atoms with Gasteiger partial charge in [-0.05, 0) is 73.7 Å². The lowest BCUT2D eigenvalue weighted by molar-refractivity contribution is 0.492. The van der Waals surface area contributed by atoms with Crippen LogP contribution >= 0.6 is 0 Å². The van der Waals surface area contributed by atoms with Crippen LogP contribution in [0.1, 0.15) is 59.5 Å². The summed E-state index contributed by atoms with van der Waals surface area (Å²) >= 11 is 0. The number of benzene rings is 4. The Kier molecular flexibility index (Phi) is 6.74. The first-order valence-corrected chi connectivity index (χ1v) is 15.4. The summed E-state index contributed by atoms with van der Waals surface area (Å²) in [7, 11) is -3.90. The number of anilines is 1. The molecule has 0 spiro atoms. The van der Waals surface area contributed by atoms with Crippen LogP contribution in [0.5, 0.6) is 0 Å². The van der Waals surface area contributed by atoms with Crippen molar-refractivity contribution in [2.24, 2.45) is 0 Å². The van der Waals surface area contributed by atoms with Crippen molar-refractivity contribution < 1.29 is 12.8 Å². The van der Waals surface area contributed by atoms with Crippen LogP contribution in [-0.2, 0) is 10.0 Å².